The molecule has 0 aromatic carbocycles. The number of rotatable bonds is 5. The van der Waals surface area contributed by atoms with E-state index in [9.17, 15) is 9.90 Å². The van der Waals surface area contributed by atoms with Crippen LogP contribution in [0.3, 0.4) is 0 Å². The Balaban J connectivity index is 1.71. The molecule has 4 heteroatoms. The number of ether oxygens (including phenoxy) is 1. The number of aliphatic hydroxyl groups excluding tert-OH is 1. The van der Waals surface area contributed by atoms with Gasteiger partial charge in [0.05, 0.1) is 13.2 Å². The maximum atomic E-state index is 12.4. The number of carbonyl (C=O) groups is 1. The van der Waals surface area contributed by atoms with Crippen LogP contribution >= 0.6 is 0 Å². The second-order valence-corrected chi connectivity index (χ2v) is 8.23. The summed E-state index contributed by atoms with van der Waals surface area (Å²) in [4.78, 5) is 12.4. The minimum Gasteiger partial charge on any atom is -0.462 e. The molecule has 1 saturated heterocycles. The van der Waals surface area contributed by atoms with Crippen LogP contribution in [0, 0.1) is 23.2 Å². The highest BCUT2D eigenvalue weighted by molar-refractivity contribution is 5.75. The Morgan fingerprint density at radius 1 is 1.52 bits per heavy atom. The fraction of sp³-hybridized carbons (Fsp3) is 0.842. The Bertz CT molecular complexity index is 473. The van der Waals surface area contributed by atoms with Gasteiger partial charge in [-0.05, 0) is 49.9 Å². The Labute approximate surface area is 139 Å². The minimum absolute atomic E-state index is 0.0140. The first-order chi connectivity index (χ1) is 11.0. The molecule has 1 aliphatic heterocycles. The smallest absolute Gasteiger partial charge is 0.315 e. The summed E-state index contributed by atoms with van der Waals surface area (Å²) in [6, 6.07) is 0.195. The number of hydrogen-bond acceptors (Lipinski definition) is 3. The zero-order valence-electron chi connectivity index (χ0n) is 14.6. The van der Waals surface area contributed by atoms with E-state index in [4.69, 9.17) is 4.74 Å². The number of esters is 1. The van der Waals surface area contributed by atoms with E-state index in [2.05, 4.69) is 25.7 Å². The molecule has 2 aliphatic carbocycles. The summed E-state index contributed by atoms with van der Waals surface area (Å²) < 4.78 is 5.78. The summed E-state index contributed by atoms with van der Waals surface area (Å²) in [6.07, 6.45) is 6.68. The third kappa shape index (κ3) is 3.08. The van der Waals surface area contributed by atoms with Crippen molar-refractivity contribution < 1.29 is 20.0 Å². The van der Waals surface area contributed by atoms with Gasteiger partial charge in [0.2, 0.25) is 0 Å². The number of carbonyl (C=O) groups excluding carboxylic acids is 1. The normalized spacial score (nSPS) is 41.2. The second-order valence-electron chi connectivity index (χ2n) is 8.23. The topological polar surface area (TPSA) is 63.1 Å². The van der Waals surface area contributed by atoms with Crippen molar-refractivity contribution in [2.45, 2.75) is 64.5 Å². The van der Waals surface area contributed by atoms with Crippen molar-refractivity contribution in [3.05, 3.63) is 12.2 Å². The van der Waals surface area contributed by atoms with Gasteiger partial charge >= 0.3 is 5.97 Å². The van der Waals surface area contributed by atoms with Crippen molar-refractivity contribution in [1.29, 1.82) is 0 Å². The molecule has 0 unspecified atom stereocenters. The Kier molecular flexibility index (Phi) is 4.84. The highest BCUT2D eigenvalue weighted by Crippen LogP contribution is 2.56. The summed E-state index contributed by atoms with van der Waals surface area (Å²) in [7, 11) is 0. The van der Waals surface area contributed by atoms with Crippen molar-refractivity contribution in [2.24, 2.45) is 23.2 Å². The fourth-order valence-corrected chi connectivity index (χ4v) is 5.24. The molecule has 2 saturated carbocycles. The molecule has 0 spiro atoms. The zero-order chi connectivity index (χ0) is 16.6. The van der Waals surface area contributed by atoms with E-state index in [1.807, 2.05) is 0 Å². The minimum atomic E-state index is -0.0168. The van der Waals surface area contributed by atoms with Gasteiger partial charge in [0.25, 0.3) is 0 Å². The Morgan fingerprint density at radius 2 is 2.30 bits per heavy atom. The highest BCUT2D eigenvalue weighted by Gasteiger charge is 2.55. The van der Waals surface area contributed by atoms with E-state index in [-0.39, 0.29) is 36.1 Å². The molecule has 4 nitrogen and oxygen atoms in total. The molecule has 3 aliphatic rings. The summed E-state index contributed by atoms with van der Waals surface area (Å²) in [5.41, 5.74) is 1.66. The van der Waals surface area contributed by atoms with Crippen LogP contribution in [-0.4, -0.2) is 36.4 Å². The van der Waals surface area contributed by atoms with Crippen LogP contribution in [0.1, 0.15) is 52.4 Å². The Morgan fingerprint density at radius 3 is 3.00 bits per heavy atom. The number of hydrogen-bond donors (Lipinski definition) is 2. The van der Waals surface area contributed by atoms with Gasteiger partial charge in [-0.3, -0.25) is 4.79 Å². The second kappa shape index (κ2) is 6.56. The lowest BCUT2D eigenvalue weighted by atomic mass is 9.55. The summed E-state index contributed by atoms with van der Waals surface area (Å²) in [5, 5.41) is 11.5. The maximum absolute atomic E-state index is 12.4. The quantitative estimate of drug-likeness (QED) is 0.597. The molecule has 0 aromatic rings. The van der Waals surface area contributed by atoms with Crippen molar-refractivity contribution >= 4 is 5.97 Å². The SMILES string of the molecule is C=C1CCC[C@]2(C)C[C@H]3OC(=O)[C@H](C[NH2+][C@@H](CC)CO)[C@H]3C[C@@H]12. The van der Waals surface area contributed by atoms with E-state index < -0.39 is 0 Å². The van der Waals surface area contributed by atoms with Gasteiger partial charge in [0.1, 0.15) is 18.1 Å². The fourth-order valence-electron chi connectivity index (χ4n) is 5.24. The number of aliphatic hydroxyl groups is 1. The molecule has 6 atom stereocenters. The maximum Gasteiger partial charge on any atom is 0.315 e. The van der Waals surface area contributed by atoms with Crippen LogP contribution in [0.5, 0.6) is 0 Å². The average Bonchev–Trinajstić information content (AvgIpc) is 2.81. The summed E-state index contributed by atoms with van der Waals surface area (Å²) in [6.45, 7) is 9.69. The van der Waals surface area contributed by atoms with Gasteiger partial charge in [0.15, 0.2) is 0 Å². The molecule has 3 fully saturated rings. The molecule has 0 amide bonds. The van der Waals surface area contributed by atoms with E-state index in [0.717, 1.165) is 32.2 Å². The average molecular weight is 322 g/mol. The predicted molar refractivity (Wildman–Crippen MR) is 88.6 cm³/mol. The lowest BCUT2D eigenvalue weighted by molar-refractivity contribution is -0.695. The highest BCUT2D eigenvalue weighted by atomic mass is 16.6. The van der Waals surface area contributed by atoms with Gasteiger partial charge in [-0.2, -0.15) is 0 Å². The van der Waals surface area contributed by atoms with Crippen molar-refractivity contribution in [3.8, 4) is 0 Å². The number of allylic oxidation sites excluding steroid dienone is 1. The first kappa shape index (κ1) is 17.0. The molecule has 0 bridgehead atoms. The van der Waals surface area contributed by atoms with Gasteiger partial charge in [-0.25, -0.2) is 0 Å². The summed E-state index contributed by atoms with van der Waals surface area (Å²) in [5.74, 6) is 0.856. The van der Waals surface area contributed by atoms with Gasteiger partial charge in [-0.15, -0.1) is 0 Å². The van der Waals surface area contributed by atoms with E-state index in [1.54, 1.807) is 0 Å². The van der Waals surface area contributed by atoms with Crippen LogP contribution in [0.2, 0.25) is 0 Å². The van der Waals surface area contributed by atoms with Crippen LogP contribution in [0.4, 0.5) is 0 Å². The van der Waals surface area contributed by atoms with E-state index in [0.29, 0.717) is 11.8 Å². The molecule has 0 aromatic heterocycles. The Hall–Kier alpha value is -0.870. The monoisotopic (exact) mass is 322 g/mol. The third-order valence-corrected chi connectivity index (χ3v) is 6.80. The molecule has 3 rings (SSSR count). The lowest BCUT2D eigenvalue weighted by Crippen LogP contribution is -2.92. The van der Waals surface area contributed by atoms with Gasteiger partial charge in [0, 0.05) is 5.92 Å². The molecule has 130 valence electrons. The van der Waals surface area contributed by atoms with E-state index in [1.165, 1.54) is 18.4 Å². The molecular formula is C19H32NO3+. The summed E-state index contributed by atoms with van der Waals surface area (Å²) >= 11 is 0. The first-order valence-electron chi connectivity index (χ1n) is 9.31. The zero-order valence-corrected chi connectivity index (χ0v) is 14.6. The van der Waals surface area contributed by atoms with Crippen LogP contribution in [0.25, 0.3) is 0 Å². The molecule has 23 heavy (non-hydrogen) atoms. The third-order valence-electron chi connectivity index (χ3n) is 6.80. The van der Waals surface area contributed by atoms with Gasteiger partial charge < -0.3 is 15.2 Å². The standard InChI is InChI=1S/C19H31NO3/c1-4-13(11-21)20-10-15-14-8-16-12(2)6-5-7-19(16,3)9-17(14)23-18(15)22/h13-17,20-21H,2,4-11H2,1,3H3/p+1/t13-,14+,15+,16-,17+,19+/m0/s1. The lowest BCUT2D eigenvalue weighted by Gasteiger charge is -2.49. The van der Waals surface area contributed by atoms with Crippen LogP contribution in [0.15, 0.2) is 12.2 Å². The van der Waals surface area contributed by atoms with Crippen LogP contribution < -0.4 is 5.32 Å². The van der Waals surface area contributed by atoms with Crippen molar-refractivity contribution in [3.63, 3.8) is 0 Å². The van der Waals surface area contributed by atoms with Gasteiger partial charge in [-0.1, -0.05) is 26.0 Å². The molecule has 0 radical (unpaired) electrons. The largest absolute Gasteiger partial charge is 0.462 e. The van der Waals surface area contributed by atoms with E-state index >= 15 is 0 Å². The number of fused-ring (bicyclic) bond motifs is 2. The predicted octanol–water partition coefficient (Wildman–Crippen LogP) is 1.63. The van der Waals surface area contributed by atoms with Crippen molar-refractivity contribution in [2.75, 3.05) is 13.2 Å². The molecule has 1 heterocycles. The molecule has 3 N–H and O–H groups in total. The number of quaternary nitrogens is 1. The molecular weight excluding hydrogens is 290 g/mol. The first-order valence-corrected chi connectivity index (χ1v) is 9.31. The van der Waals surface area contributed by atoms with Crippen LogP contribution in [-0.2, 0) is 9.53 Å². The number of nitrogens with two attached hydrogens (primary N) is 1. The van der Waals surface area contributed by atoms with Crippen molar-refractivity contribution in [1.82, 2.24) is 0 Å².